The average molecular weight is 414 g/mol. The Balaban J connectivity index is 1.89. The highest BCUT2D eigenvalue weighted by Crippen LogP contribution is 2.33. The normalized spacial score (nSPS) is 11.3. The Hall–Kier alpha value is -2.71. The number of amides is 1. The second-order valence-corrected chi connectivity index (χ2v) is 8.44. The van der Waals surface area contributed by atoms with Crippen LogP contribution in [0.3, 0.4) is 0 Å². The lowest BCUT2D eigenvalue weighted by Gasteiger charge is -2.17. The Morgan fingerprint density at radius 3 is 2.72 bits per heavy atom. The third kappa shape index (κ3) is 5.65. The Labute approximate surface area is 175 Å². The third-order valence-electron chi connectivity index (χ3n) is 4.08. The maximum absolute atomic E-state index is 11.3. The summed E-state index contributed by atoms with van der Waals surface area (Å²) in [5, 5.41) is 6.78. The Morgan fingerprint density at radius 2 is 2.03 bits per heavy atom. The molecule has 0 bridgehead atoms. The Bertz CT molecular complexity index is 1000. The molecule has 0 atom stereocenters. The summed E-state index contributed by atoms with van der Waals surface area (Å²) < 4.78 is 6.90. The van der Waals surface area contributed by atoms with Gasteiger partial charge in [-0.05, 0) is 51.7 Å². The largest absolute Gasteiger partial charge is 0.475 e. The van der Waals surface area contributed by atoms with E-state index in [2.05, 4.69) is 51.5 Å². The molecule has 8 heteroatoms. The van der Waals surface area contributed by atoms with Gasteiger partial charge in [-0.3, -0.25) is 4.79 Å². The van der Waals surface area contributed by atoms with Crippen molar-refractivity contribution in [3.05, 3.63) is 30.5 Å². The van der Waals surface area contributed by atoms with Crippen molar-refractivity contribution in [3.8, 4) is 17.0 Å². The summed E-state index contributed by atoms with van der Waals surface area (Å²) in [6, 6.07) is 8.37. The zero-order chi connectivity index (χ0) is 21.0. The van der Waals surface area contributed by atoms with Gasteiger partial charge in [0.1, 0.15) is 6.61 Å². The van der Waals surface area contributed by atoms with Gasteiger partial charge in [0.15, 0.2) is 5.13 Å². The lowest BCUT2D eigenvalue weighted by molar-refractivity contribution is -0.114. The van der Waals surface area contributed by atoms with Crippen LogP contribution in [-0.2, 0) is 4.79 Å². The second-order valence-electron chi connectivity index (χ2n) is 7.41. The van der Waals surface area contributed by atoms with Crippen LogP contribution in [0, 0.1) is 0 Å². The Morgan fingerprint density at radius 1 is 1.24 bits per heavy atom. The number of carbonyl (C=O) groups is 1. The van der Waals surface area contributed by atoms with Gasteiger partial charge in [-0.25, -0.2) is 9.97 Å². The number of benzene rings is 1. The average Bonchev–Trinajstić information content (AvgIpc) is 3.02. The molecule has 0 saturated carbocycles. The van der Waals surface area contributed by atoms with Crippen molar-refractivity contribution in [2.75, 3.05) is 37.9 Å². The molecule has 0 fully saturated rings. The quantitative estimate of drug-likeness (QED) is 0.579. The van der Waals surface area contributed by atoms with E-state index < -0.39 is 0 Å². The minimum Gasteiger partial charge on any atom is -0.475 e. The highest BCUT2D eigenvalue weighted by molar-refractivity contribution is 7.22. The number of hydrogen-bond acceptors (Lipinski definition) is 7. The number of rotatable bonds is 8. The molecule has 154 valence electrons. The highest BCUT2D eigenvalue weighted by Gasteiger charge is 2.12. The van der Waals surface area contributed by atoms with Crippen LogP contribution in [0.4, 0.5) is 10.8 Å². The van der Waals surface area contributed by atoms with Crippen LogP contribution in [0.5, 0.6) is 5.88 Å². The third-order valence-corrected chi connectivity index (χ3v) is 5.01. The van der Waals surface area contributed by atoms with E-state index >= 15 is 0 Å². The van der Waals surface area contributed by atoms with Crippen LogP contribution in [0.2, 0.25) is 0 Å². The predicted molar refractivity (Wildman–Crippen MR) is 120 cm³/mol. The van der Waals surface area contributed by atoms with Crippen LogP contribution < -0.4 is 15.4 Å². The first kappa shape index (κ1) is 21.0. The number of ether oxygens (including phenoxy) is 1. The van der Waals surface area contributed by atoms with Crippen molar-refractivity contribution in [2.24, 2.45) is 0 Å². The minimum atomic E-state index is -0.122. The lowest BCUT2D eigenvalue weighted by Crippen LogP contribution is -2.20. The van der Waals surface area contributed by atoms with Gasteiger partial charge >= 0.3 is 0 Å². The standard InChI is InChI=1S/C21H27N5O2S/c1-13(2)23-18-10-16(12-22-20(18)28-9-8-26(4)5)15-6-7-17-19(11-15)29-21(25-17)24-14(3)27/h6-7,10-13,23H,8-9H2,1-5H3,(H,24,25,27). The van der Waals surface area contributed by atoms with Crippen molar-refractivity contribution in [1.82, 2.24) is 14.9 Å². The van der Waals surface area contributed by atoms with Gasteiger partial charge in [-0.2, -0.15) is 0 Å². The first-order valence-electron chi connectivity index (χ1n) is 9.54. The predicted octanol–water partition coefficient (Wildman–Crippen LogP) is 4.08. The van der Waals surface area contributed by atoms with Gasteiger partial charge in [0.2, 0.25) is 11.8 Å². The van der Waals surface area contributed by atoms with Gasteiger partial charge in [-0.15, -0.1) is 0 Å². The smallest absolute Gasteiger partial charge is 0.237 e. The number of carbonyl (C=O) groups excluding carboxylic acids is 1. The molecule has 3 aromatic rings. The first-order chi connectivity index (χ1) is 13.8. The molecule has 3 rings (SSSR count). The molecular weight excluding hydrogens is 386 g/mol. The minimum absolute atomic E-state index is 0.122. The van der Waals surface area contributed by atoms with E-state index in [0.717, 1.165) is 33.6 Å². The van der Waals surface area contributed by atoms with Crippen molar-refractivity contribution in [2.45, 2.75) is 26.8 Å². The van der Waals surface area contributed by atoms with Gasteiger partial charge in [0.05, 0.1) is 15.9 Å². The van der Waals surface area contributed by atoms with Crippen LogP contribution in [-0.4, -0.2) is 54.1 Å². The fourth-order valence-corrected chi connectivity index (χ4v) is 3.72. The van der Waals surface area contributed by atoms with Gasteiger partial charge in [-0.1, -0.05) is 17.4 Å². The number of fused-ring (bicyclic) bond motifs is 1. The molecule has 0 spiro atoms. The zero-order valence-corrected chi connectivity index (χ0v) is 18.3. The molecule has 2 N–H and O–H groups in total. The van der Waals surface area contributed by atoms with E-state index in [1.165, 1.54) is 18.3 Å². The van der Waals surface area contributed by atoms with Gasteiger partial charge in [0, 0.05) is 31.3 Å². The molecule has 2 aromatic heterocycles. The number of thiazole rings is 1. The molecule has 2 heterocycles. The molecule has 0 radical (unpaired) electrons. The summed E-state index contributed by atoms with van der Waals surface area (Å²) in [6.45, 7) is 7.05. The Kier molecular flexibility index (Phi) is 6.66. The maximum atomic E-state index is 11.3. The summed E-state index contributed by atoms with van der Waals surface area (Å²) >= 11 is 1.46. The van der Waals surface area contributed by atoms with Gasteiger partial charge in [0.25, 0.3) is 0 Å². The van der Waals surface area contributed by atoms with E-state index in [0.29, 0.717) is 17.6 Å². The first-order valence-corrected chi connectivity index (χ1v) is 10.4. The molecule has 0 aliphatic carbocycles. The molecule has 7 nitrogen and oxygen atoms in total. The number of hydrogen-bond donors (Lipinski definition) is 2. The monoisotopic (exact) mass is 413 g/mol. The molecule has 0 aliphatic rings. The van der Waals surface area contributed by atoms with Crippen molar-refractivity contribution >= 4 is 38.3 Å². The molecule has 1 amide bonds. The fourth-order valence-electron chi connectivity index (χ4n) is 2.77. The van der Waals surface area contributed by atoms with E-state index in [9.17, 15) is 4.79 Å². The van der Waals surface area contributed by atoms with E-state index in [-0.39, 0.29) is 11.9 Å². The number of nitrogens with zero attached hydrogens (tertiary/aromatic N) is 3. The molecule has 29 heavy (non-hydrogen) atoms. The maximum Gasteiger partial charge on any atom is 0.237 e. The van der Waals surface area contributed by atoms with E-state index in [1.54, 1.807) is 0 Å². The number of pyridine rings is 1. The van der Waals surface area contributed by atoms with E-state index in [1.807, 2.05) is 32.4 Å². The van der Waals surface area contributed by atoms with Crippen LogP contribution in [0.15, 0.2) is 30.5 Å². The van der Waals surface area contributed by atoms with Crippen molar-refractivity contribution in [3.63, 3.8) is 0 Å². The molecule has 0 unspecified atom stereocenters. The fraction of sp³-hybridized carbons (Fsp3) is 0.381. The number of anilines is 2. The van der Waals surface area contributed by atoms with Crippen LogP contribution in [0.25, 0.3) is 21.3 Å². The number of nitrogens with one attached hydrogen (secondary N) is 2. The molecule has 0 aliphatic heterocycles. The number of aromatic nitrogens is 2. The molecular formula is C21H27N5O2S. The summed E-state index contributed by atoms with van der Waals surface area (Å²) in [7, 11) is 4.03. The molecule has 1 aromatic carbocycles. The summed E-state index contributed by atoms with van der Waals surface area (Å²) in [5.74, 6) is 0.485. The van der Waals surface area contributed by atoms with Crippen LogP contribution >= 0.6 is 11.3 Å². The van der Waals surface area contributed by atoms with Crippen LogP contribution in [0.1, 0.15) is 20.8 Å². The highest BCUT2D eigenvalue weighted by atomic mass is 32.1. The lowest BCUT2D eigenvalue weighted by atomic mass is 10.1. The van der Waals surface area contributed by atoms with E-state index in [4.69, 9.17) is 4.74 Å². The van der Waals surface area contributed by atoms with Crippen molar-refractivity contribution < 1.29 is 9.53 Å². The summed E-state index contributed by atoms with van der Waals surface area (Å²) in [5.41, 5.74) is 3.76. The van der Waals surface area contributed by atoms with Gasteiger partial charge < -0.3 is 20.3 Å². The molecule has 0 saturated heterocycles. The summed E-state index contributed by atoms with van der Waals surface area (Å²) in [6.07, 6.45) is 1.83. The SMILES string of the molecule is CC(=O)Nc1nc2ccc(-c3cnc(OCCN(C)C)c(NC(C)C)c3)cc2s1. The van der Waals surface area contributed by atoms with Crippen molar-refractivity contribution in [1.29, 1.82) is 0 Å². The second kappa shape index (κ2) is 9.19. The number of likely N-dealkylation sites (N-methyl/N-ethyl adjacent to an activating group) is 1. The zero-order valence-electron chi connectivity index (χ0n) is 17.4. The topological polar surface area (TPSA) is 79.4 Å². The summed E-state index contributed by atoms with van der Waals surface area (Å²) in [4.78, 5) is 22.3.